The average molecular weight is 307 g/mol. The van der Waals surface area contributed by atoms with Gasteiger partial charge in [0.15, 0.2) is 0 Å². The van der Waals surface area contributed by atoms with Gasteiger partial charge in [-0.1, -0.05) is 32.4 Å². The zero-order valence-electron chi connectivity index (χ0n) is 13.9. The van der Waals surface area contributed by atoms with E-state index in [9.17, 15) is 4.79 Å². The van der Waals surface area contributed by atoms with Gasteiger partial charge in [0.25, 0.3) is 0 Å². The molecule has 0 fully saturated rings. The predicted molar refractivity (Wildman–Crippen MR) is 89.3 cm³/mol. The number of unbranched alkanes of at least 4 members (excludes halogenated alkanes) is 1. The van der Waals surface area contributed by atoms with Gasteiger partial charge < -0.3 is 14.8 Å². The summed E-state index contributed by atoms with van der Waals surface area (Å²) in [6, 6.07) is 8.00. The van der Waals surface area contributed by atoms with E-state index in [4.69, 9.17) is 9.47 Å². The molecule has 0 heterocycles. The van der Waals surface area contributed by atoms with Crippen LogP contribution < -0.4 is 10.1 Å². The van der Waals surface area contributed by atoms with Gasteiger partial charge in [-0.2, -0.15) is 0 Å². The van der Waals surface area contributed by atoms with Crippen LogP contribution in [0.15, 0.2) is 24.3 Å². The lowest BCUT2D eigenvalue weighted by Crippen LogP contribution is -2.26. The second-order valence-corrected chi connectivity index (χ2v) is 5.27. The fraction of sp³-hybridized carbons (Fsp3) is 0.611. The van der Waals surface area contributed by atoms with Crippen LogP contribution in [0.1, 0.15) is 45.1 Å². The molecule has 0 bridgehead atoms. The van der Waals surface area contributed by atoms with E-state index in [1.165, 1.54) is 5.56 Å². The summed E-state index contributed by atoms with van der Waals surface area (Å²) in [5, 5.41) is 2.88. The summed E-state index contributed by atoms with van der Waals surface area (Å²) >= 11 is 0. The molecule has 0 aromatic heterocycles. The highest BCUT2D eigenvalue weighted by atomic mass is 16.5. The normalized spacial score (nSPS) is 10.5. The van der Waals surface area contributed by atoms with Crippen molar-refractivity contribution in [3.05, 3.63) is 29.8 Å². The lowest BCUT2D eigenvalue weighted by molar-refractivity contribution is -0.121. The number of nitrogens with one attached hydrogen (secondary N) is 1. The van der Waals surface area contributed by atoms with Crippen LogP contribution in [0.5, 0.6) is 5.75 Å². The lowest BCUT2D eigenvalue weighted by atomic mass is 10.2. The van der Waals surface area contributed by atoms with Crippen molar-refractivity contribution >= 4 is 5.91 Å². The van der Waals surface area contributed by atoms with Gasteiger partial charge in [-0.25, -0.2) is 0 Å². The van der Waals surface area contributed by atoms with Gasteiger partial charge in [-0.3, -0.25) is 4.79 Å². The highest BCUT2D eigenvalue weighted by Gasteiger charge is 2.01. The zero-order valence-corrected chi connectivity index (χ0v) is 13.9. The Morgan fingerprint density at radius 3 is 2.45 bits per heavy atom. The molecule has 0 saturated heterocycles. The molecule has 0 radical (unpaired) electrons. The van der Waals surface area contributed by atoms with E-state index in [0.717, 1.165) is 38.0 Å². The summed E-state index contributed by atoms with van der Waals surface area (Å²) in [7, 11) is 0. The lowest BCUT2D eigenvalue weighted by Gasteiger charge is -2.08. The molecular weight excluding hydrogens is 278 g/mol. The molecule has 0 unspecified atom stereocenters. The van der Waals surface area contributed by atoms with E-state index < -0.39 is 0 Å². The minimum Gasteiger partial charge on any atom is -0.493 e. The Labute approximate surface area is 134 Å². The number of hydrogen-bond acceptors (Lipinski definition) is 3. The molecule has 0 atom stereocenters. The summed E-state index contributed by atoms with van der Waals surface area (Å²) in [6.07, 6.45) is 4.51. The average Bonchev–Trinajstić information content (AvgIpc) is 2.54. The summed E-state index contributed by atoms with van der Waals surface area (Å²) in [6.45, 7) is 6.86. The molecular formula is C18H29NO3. The molecule has 4 nitrogen and oxygen atoms in total. The van der Waals surface area contributed by atoms with Crippen LogP contribution in [-0.2, 0) is 16.0 Å². The number of aryl methyl sites for hydroxylation is 1. The van der Waals surface area contributed by atoms with Crippen molar-refractivity contribution in [3.8, 4) is 5.75 Å². The van der Waals surface area contributed by atoms with Crippen LogP contribution in [0.4, 0.5) is 0 Å². The highest BCUT2D eigenvalue weighted by molar-refractivity contribution is 5.75. The van der Waals surface area contributed by atoms with E-state index in [2.05, 4.69) is 19.2 Å². The van der Waals surface area contributed by atoms with Gasteiger partial charge in [0.2, 0.25) is 5.91 Å². The Balaban J connectivity index is 2.01. The van der Waals surface area contributed by atoms with E-state index in [1.807, 2.05) is 24.3 Å². The van der Waals surface area contributed by atoms with Gasteiger partial charge in [0.05, 0.1) is 13.0 Å². The molecule has 124 valence electrons. The monoisotopic (exact) mass is 307 g/mol. The third-order valence-electron chi connectivity index (χ3n) is 3.36. The van der Waals surface area contributed by atoms with Crippen LogP contribution >= 0.6 is 0 Å². The van der Waals surface area contributed by atoms with Crippen molar-refractivity contribution in [1.82, 2.24) is 5.32 Å². The van der Waals surface area contributed by atoms with E-state index in [-0.39, 0.29) is 5.91 Å². The smallest absolute Gasteiger partial charge is 0.223 e. The number of carbonyl (C=O) groups is 1. The molecule has 0 aliphatic carbocycles. The SMILES string of the molecule is CCCCOCCCNC(=O)CCOc1ccc(CC)cc1. The number of carbonyl (C=O) groups excluding carboxylic acids is 1. The molecule has 1 N–H and O–H groups in total. The summed E-state index contributed by atoms with van der Waals surface area (Å²) in [4.78, 5) is 11.6. The third-order valence-corrected chi connectivity index (χ3v) is 3.36. The van der Waals surface area contributed by atoms with E-state index in [0.29, 0.717) is 26.2 Å². The molecule has 1 amide bonds. The maximum Gasteiger partial charge on any atom is 0.223 e. The first-order valence-corrected chi connectivity index (χ1v) is 8.32. The Hall–Kier alpha value is -1.55. The number of benzene rings is 1. The van der Waals surface area contributed by atoms with Crippen molar-refractivity contribution in [2.75, 3.05) is 26.4 Å². The quantitative estimate of drug-likeness (QED) is 0.602. The maximum atomic E-state index is 11.6. The van der Waals surface area contributed by atoms with Gasteiger partial charge in [0, 0.05) is 19.8 Å². The van der Waals surface area contributed by atoms with Crippen LogP contribution in [0.25, 0.3) is 0 Å². The fourth-order valence-corrected chi connectivity index (χ4v) is 1.92. The van der Waals surface area contributed by atoms with Crippen LogP contribution in [0.2, 0.25) is 0 Å². The van der Waals surface area contributed by atoms with Crippen LogP contribution in [0.3, 0.4) is 0 Å². The molecule has 0 saturated carbocycles. The predicted octanol–water partition coefficient (Wildman–Crippen LogP) is 3.34. The highest BCUT2D eigenvalue weighted by Crippen LogP contribution is 2.12. The summed E-state index contributed by atoms with van der Waals surface area (Å²) < 4.78 is 11.0. The van der Waals surface area contributed by atoms with Crippen molar-refractivity contribution in [3.63, 3.8) is 0 Å². The third kappa shape index (κ3) is 8.67. The van der Waals surface area contributed by atoms with Gasteiger partial charge in [-0.05, 0) is 37.0 Å². The van der Waals surface area contributed by atoms with Crippen LogP contribution in [0, 0.1) is 0 Å². The second kappa shape index (κ2) is 12.0. The van der Waals surface area contributed by atoms with Gasteiger partial charge in [0.1, 0.15) is 5.75 Å². The minimum atomic E-state index is 0.0266. The molecule has 4 heteroatoms. The van der Waals surface area contributed by atoms with Crippen LogP contribution in [-0.4, -0.2) is 32.3 Å². The fourth-order valence-electron chi connectivity index (χ4n) is 1.92. The molecule has 22 heavy (non-hydrogen) atoms. The van der Waals surface area contributed by atoms with Crippen molar-refractivity contribution < 1.29 is 14.3 Å². The van der Waals surface area contributed by atoms with Crippen molar-refractivity contribution in [1.29, 1.82) is 0 Å². The Kier molecular flexibility index (Phi) is 10.1. The first-order chi connectivity index (χ1) is 10.8. The number of amides is 1. The molecule has 1 aromatic rings. The Morgan fingerprint density at radius 2 is 1.77 bits per heavy atom. The zero-order chi connectivity index (χ0) is 16.0. The van der Waals surface area contributed by atoms with Crippen molar-refractivity contribution in [2.24, 2.45) is 0 Å². The second-order valence-electron chi connectivity index (χ2n) is 5.27. The van der Waals surface area contributed by atoms with E-state index in [1.54, 1.807) is 0 Å². The number of rotatable bonds is 12. The van der Waals surface area contributed by atoms with Gasteiger partial charge >= 0.3 is 0 Å². The first kappa shape index (κ1) is 18.5. The Morgan fingerprint density at radius 1 is 1.05 bits per heavy atom. The molecule has 0 aliphatic rings. The van der Waals surface area contributed by atoms with Crippen molar-refractivity contribution in [2.45, 2.75) is 46.0 Å². The standard InChI is InChI=1S/C18H29NO3/c1-3-5-13-21-14-6-12-19-18(20)11-15-22-17-9-7-16(4-2)8-10-17/h7-10H,3-6,11-15H2,1-2H3,(H,19,20). The summed E-state index contributed by atoms with van der Waals surface area (Å²) in [5.41, 5.74) is 1.28. The molecule has 1 aromatic carbocycles. The summed E-state index contributed by atoms with van der Waals surface area (Å²) in [5.74, 6) is 0.841. The van der Waals surface area contributed by atoms with E-state index >= 15 is 0 Å². The topological polar surface area (TPSA) is 47.6 Å². The number of hydrogen-bond donors (Lipinski definition) is 1. The number of ether oxygens (including phenoxy) is 2. The maximum absolute atomic E-state index is 11.6. The molecule has 0 spiro atoms. The molecule has 0 aliphatic heterocycles. The first-order valence-electron chi connectivity index (χ1n) is 8.32. The molecule has 1 rings (SSSR count). The Bertz CT molecular complexity index is 403. The minimum absolute atomic E-state index is 0.0266. The largest absolute Gasteiger partial charge is 0.493 e. The van der Waals surface area contributed by atoms with Gasteiger partial charge in [-0.15, -0.1) is 0 Å².